The van der Waals surface area contributed by atoms with Gasteiger partial charge >= 0.3 is 0 Å². The van der Waals surface area contributed by atoms with E-state index in [0.717, 1.165) is 4.70 Å². The monoisotopic (exact) mass is 306 g/mol. The molecule has 0 saturated heterocycles. The minimum atomic E-state index is -0.207. The van der Waals surface area contributed by atoms with Crippen molar-refractivity contribution in [1.29, 1.82) is 0 Å². The van der Waals surface area contributed by atoms with Crippen molar-refractivity contribution in [1.82, 2.24) is 9.61 Å². The number of fused-ring (bicyclic) bond motifs is 2. The van der Waals surface area contributed by atoms with Crippen LogP contribution < -0.4 is 11.0 Å². The first-order chi connectivity index (χ1) is 10.7. The molecule has 4 aromatic rings. The molecule has 5 heteroatoms. The van der Waals surface area contributed by atoms with Crippen molar-refractivity contribution in [3.8, 4) is 11.3 Å². The highest BCUT2D eigenvalue weighted by Gasteiger charge is 2.10. The van der Waals surface area contributed by atoms with Gasteiger partial charge in [0.25, 0.3) is 5.56 Å². The summed E-state index contributed by atoms with van der Waals surface area (Å²) in [6.07, 6.45) is 0. The lowest BCUT2D eigenvalue weighted by Gasteiger charge is -2.04. The SMILES string of the molecule is O=c1cc2sc3ccccc3c(=O)n2nc1-c1ccccc1. The molecule has 0 saturated carbocycles. The van der Waals surface area contributed by atoms with E-state index < -0.39 is 0 Å². The normalized spacial score (nSPS) is 11.1. The van der Waals surface area contributed by atoms with Gasteiger partial charge in [-0.1, -0.05) is 42.5 Å². The van der Waals surface area contributed by atoms with Crippen LogP contribution in [0.25, 0.3) is 26.2 Å². The lowest BCUT2D eigenvalue weighted by Crippen LogP contribution is -2.20. The molecule has 0 aliphatic rings. The van der Waals surface area contributed by atoms with E-state index in [9.17, 15) is 9.59 Å². The number of aromatic nitrogens is 2. The Labute approximate surface area is 128 Å². The van der Waals surface area contributed by atoms with Crippen molar-refractivity contribution < 1.29 is 0 Å². The zero-order chi connectivity index (χ0) is 15.1. The highest BCUT2D eigenvalue weighted by atomic mass is 32.1. The molecule has 0 amide bonds. The molecule has 0 atom stereocenters. The summed E-state index contributed by atoms with van der Waals surface area (Å²) < 4.78 is 2.16. The molecular formula is C17H10N2O2S. The Morgan fingerprint density at radius 2 is 1.64 bits per heavy atom. The summed E-state index contributed by atoms with van der Waals surface area (Å²) in [5, 5.41) is 4.90. The fourth-order valence-electron chi connectivity index (χ4n) is 2.41. The summed E-state index contributed by atoms with van der Waals surface area (Å²) in [6, 6.07) is 18.0. The largest absolute Gasteiger partial charge is 0.287 e. The molecule has 0 aliphatic heterocycles. The smallest absolute Gasteiger partial charge is 0.280 e. The third-order valence-corrected chi connectivity index (χ3v) is 4.54. The Bertz CT molecular complexity index is 1110. The van der Waals surface area contributed by atoms with Gasteiger partial charge in [-0.05, 0) is 12.1 Å². The van der Waals surface area contributed by atoms with E-state index in [1.54, 1.807) is 6.07 Å². The Morgan fingerprint density at radius 3 is 2.45 bits per heavy atom. The molecule has 0 bridgehead atoms. The first kappa shape index (κ1) is 12.9. The molecule has 106 valence electrons. The zero-order valence-electron chi connectivity index (χ0n) is 11.4. The minimum absolute atomic E-state index is 0.183. The van der Waals surface area contributed by atoms with Gasteiger partial charge in [0.2, 0.25) is 5.43 Å². The first-order valence-corrected chi connectivity index (χ1v) is 7.57. The quantitative estimate of drug-likeness (QED) is 0.508. The Balaban J connectivity index is 2.13. The van der Waals surface area contributed by atoms with E-state index in [-0.39, 0.29) is 16.7 Å². The molecule has 2 heterocycles. The van der Waals surface area contributed by atoms with E-state index in [4.69, 9.17) is 0 Å². The van der Waals surface area contributed by atoms with Crippen LogP contribution in [0.2, 0.25) is 0 Å². The summed E-state index contributed by atoms with van der Waals surface area (Å²) in [5.74, 6) is 0. The molecule has 22 heavy (non-hydrogen) atoms. The highest BCUT2D eigenvalue weighted by molar-refractivity contribution is 7.23. The Morgan fingerprint density at radius 1 is 0.909 bits per heavy atom. The third kappa shape index (κ3) is 1.95. The van der Waals surface area contributed by atoms with Gasteiger partial charge in [0, 0.05) is 16.3 Å². The number of hydrogen-bond acceptors (Lipinski definition) is 4. The molecule has 0 fully saturated rings. The van der Waals surface area contributed by atoms with Crippen LogP contribution in [0.3, 0.4) is 0 Å². The summed E-state index contributed by atoms with van der Waals surface area (Å²) >= 11 is 1.38. The van der Waals surface area contributed by atoms with Gasteiger partial charge in [0.05, 0.1) is 5.39 Å². The standard InChI is InChI=1S/C17H10N2O2S/c20-13-10-15-19(18-16(13)11-6-2-1-3-7-11)17(21)12-8-4-5-9-14(12)22-15/h1-10H. The van der Waals surface area contributed by atoms with Crippen molar-refractivity contribution in [3.63, 3.8) is 0 Å². The predicted molar refractivity (Wildman–Crippen MR) is 88.6 cm³/mol. The Kier molecular flexibility index (Phi) is 2.87. The van der Waals surface area contributed by atoms with Crippen LogP contribution >= 0.6 is 11.3 Å². The molecule has 0 aliphatic carbocycles. The van der Waals surface area contributed by atoms with Crippen LogP contribution in [0.15, 0.2) is 70.3 Å². The topological polar surface area (TPSA) is 51.4 Å². The first-order valence-electron chi connectivity index (χ1n) is 6.75. The number of rotatable bonds is 1. The molecule has 2 aromatic carbocycles. The van der Waals surface area contributed by atoms with Crippen molar-refractivity contribution >= 4 is 26.3 Å². The van der Waals surface area contributed by atoms with E-state index in [1.165, 1.54) is 21.9 Å². The van der Waals surface area contributed by atoms with E-state index in [2.05, 4.69) is 5.10 Å². The molecule has 4 nitrogen and oxygen atoms in total. The zero-order valence-corrected chi connectivity index (χ0v) is 12.2. The second-order valence-electron chi connectivity index (χ2n) is 4.88. The number of benzene rings is 2. The van der Waals surface area contributed by atoms with Crippen molar-refractivity contribution in [2.24, 2.45) is 0 Å². The van der Waals surface area contributed by atoms with E-state index in [0.29, 0.717) is 15.8 Å². The van der Waals surface area contributed by atoms with Crippen molar-refractivity contribution in [3.05, 3.63) is 81.2 Å². The maximum atomic E-state index is 12.6. The lowest BCUT2D eigenvalue weighted by atomic mass is 10.1. The molecular weight excluding hydrogens is 296 g/mol. The fourth-order valence-corrected chi connectivity index (χ4v) is 3.43. The van der Waals surface area contributed by atoms with Gasteiger partial charge in [-0.3, -0.25) is 9.59 Å². The summed E-state index contributed by atoms with van der Waals surface area (Å²) in [6.45, 7) is 0. The van der Waals surface area contributed by atoms with Crippen LogP contribution in [0.1, 0.15) is 0 Å². The van der Waals surface area contributed by atoms with Crippen LogP contribution in [0.5, 0.6) is 0 Å². The van der Waals surface area contributed by atoms with Gasteiger partial charge in [-0.15, -0.1) is 11.3 Å². The summed E-state index contributed by atoms with van der Waals surface area (Å²) in [7, 11) is 0. The average molecular weight is 306 g/mol. The molecule has 0 spiro atoms. The lowest BCUT2D eigenvalue weighted by molar-refractivity contribution is 0.907. The summed E-state index contributed by atoms with van der Waals surface area (Å²) in [5.41, 5.74) is 0.607. The molecule has 4 rings (SSSR count). The van der Waals surface area contributed by atoms with Gasteiger partial charge in [0.1, 0.15) is 10.5 Å². The second-order valence-corrected chi connectivity index (χ2v) is 5.94. The molecule has 2 aromatic heterocycles. The van der Waals surface area contributed by atoms with Gasteiger partial charge in [-0.2, -0.15) is 9.61 Å². The van der Waals surface area contributed by atoms with Gasteiger partial charge < -0.3 is 0 Å². The van der Waals surface area contributed by atoms with Crippen LogP contribution in [-0.2, 0) is 0 Å². The van der Waals surface area contributed by atoms with Gasteiger partial charge in [-0.25, -0.2) is 0 Å². The molecule has 0 radical (unpaired) electrons. The van der Waals surface area contributed by atoms with E-state index >= 15 is 0 Å². The van der Waals surface area contributed by atoms with Crippen molar-refractivity contribution in [2.75, 3.05) is 0 Å². The van der Waals surface area contributed by atoms with Crippen LogP contribution in [-0.4, -0.2) is 9.61 Å². The third-order valence-electron chi connectivity index (χ3n) is 3.47. The average Bonchev–Trinajstić information content (AvgIpc) is 2.55. The maximum Gasteiger partial charge on any atom is 0.280 e. The van der Waals surface area contributed by atoms with Gasteiger partial charge in [0.15, 0.2) is 0 Å². The fraction of sp³-hybridized carbons (Fsp3) is 0. The summed E-state index contributed by atoms with van der Waals surface area (Å²) in [4.78, 5) is 25.4. The molecule has 0 unspecified atom stereocenters. The predicted octanol–water partition coefficient (Wildman–Crippen LogP) is 2.94. The molecule has 0 N–H and O–H groups in total. The second kappa shape index (κ2) is 4.89. The highest BCUT2D eigenvalue weighted by Crippen LogP contribution is 2.19. The Hall–Kier alpha value is -2.79. The van der Waals surface area contributed by atoms with Crippen LogP contribution in [0.4, 0.5) is 0 Å². The van der Waals surface area contributed by atoms with Crippen LogP contribution in [0, 0.1) is 0 Å². The number of hydrogen-bond donors (Lipinski definition) is 0. The minimum Gasteiger partial charge on any atom is -0.287 e. The van der Waals surface area contributed by atoms with Crippen molar-refractivity contribution in [2.45, 2.75) is 0 Å². The maximum absolute atomic E-state index is 12.6. The van der Waals surface area contributed by atoms with E-state index in [1.807, 2.05) is 48.5 Å². The number of nitrogens with zero attached hydrogens (tertiary/aromatic N) is 2.